The lowest BCUT2D eigenvalue weighted by Crippen LogP contribution is -2.04. The van der Waals surface area contributed by atoms with Crippen molar-refractivity contribution < 1.29 is 14.5 Å². The van der Waals surface area contributed by atoms with Crippen LogP contribution in [0.3, 0.4) is 0 Å². The number of hydrogen-bond donors (Lipinski definition) is 0. The highest BCUT2D eigenvalue weighted by molar-refractivity contribution is 9.10. The highest BCUT2D eigenvalue weighted by atomic mass is 79.9. The predicted molar refractivity (Wildman–Crippen MR) is 57.1 cm³/mol. The van der Waals surface area contributed by atoms with Crippen LogP contribution >= 0.6 is 27.5 Å². The van der Waals surface area contributed by atoms with E-state index in [4.69, 9.17) is 11.6 Å². The third kappa shape index (κ3) is 2.45. The molecule has 0 saturated heterocycles. The van der Waals surface area contributed by atoms with Crippen LogP contribution in [0, 0.1) is 10.1 Å². The van der Waals surface area contributed by atoms with E-state index in [1.54, 1.807) is 0 Å². The molecule has 0 aliphatic carbocycles. The van der Waals surface area contributed by atoms with Crippen LogP contribution in [-0.4, -0.2) is 18.0 Å². The highest BCUT2D eigenvalue weighted by Crippen LogP contribution is 2.32. The van der Waals surface area contributed by atoms with Gasteiger partial charge in [-0.05, 0) is 6.07 Å². The molecule has 0 fully saturated rings. The first-order valence-corrected chi connectivity index (χ1v) is 4.86. The molecule has 0 atom stereocenters. The van der Waals surface area contributed by atoms with Crippen LogP contribution in [0.15, 0.2) is 16.6 Å². The lowest BCUT2D eigenvalue weighted by Gasteiger charge is -2.03. The van der Waals surface area contributed by atoms with Crippen LogP contribution in [-0.2, 0) is 4.74 Å². The van der Waals surface area contributed by atoms with Gasteiger partial charge in [-0.25, -0.2) is 4.79 Å². The Morgan fingerprint density at radius 2 is 2.20 bits per heavy atom. The number of nitro groups is 1. The molecule has 0 aliphatic rings. The fourth-order valence-corrected chi connectivity index (χ4v) is 1.67. The van der Waals surface area contributed by atoms with Crippen molar-refractivity contribution >= 4 is 39.2 Å². The zero-order valence-electron chi connectivity index (χ0n) is 7.49. The maximum atomic E-state index is 11.2. The Morgan fingerprint density at radius 1 is 1.60 bits per heavy atom. The summed E-state index contributed by atoms with van der Waals surface area (Å²) >= 11 is 8.73. The Kier molecular flexibility index (Phi) is 3.65. The first-order valence-electron chi connectivity index (χ1n) is 3.69. The van der Waals surface area contributed by atoms with E-state index in [2.05, 4.69) is 20.7 Å². The van der Waals surface area contributed by atoms with Gasteiger partial charge in [0.05, 0.1) is 17.6 Å². The minimum atomic E-state index is -0.718. The summed E-state index contributed by atoms with van der Waals surface area (Å²) in [5.41, 5.74) is -0.383. The molecular weight excluding hydrogens is 289 g/mol. The molecule has 5 nitrogen and oxygen atoms in total. The zero-order chi connectivity index (χ0) is 11.6. The van der Waals surface area contributed by atoms with Crippen molar-refractivity contribution in [2.24, 2.45) is 0 Å². The van der Waals surface area contributed by atoms with Crippen LogP contribution in [0.25, 0.3) is 0 Å². The van der Waals surface area contributed by atoms with E-state index < -0.39 is 10.9 Å². The van der Waals surface area contributed by atoms with Gasteiger partial charge in [0.25, 0.3) is 5.69 Å². The second-order valence-corrected chi connectivity index (χ2v) is 3.83. The summed E-state index contributed by atoms with van der Waals surface area (Å²) in [5, 5.41) is 10.4. The van der Waals surface area contributed by atoms with Gasteiger partial charge in [0.15, 0.2) is 0 Å². The molecule has 0 aromatic heterocycles. The van der Waals surface area contributed by atoms with Gasteiger partial charge < -0.3 is 4.74 Å². The van der Waals surface area contributed by atoms with E-state index in [9.17, 15) is 14.9 Å². The minimum Gasteiger partial charge on any atom is -0.465 e. The second kappa shape index (κ2) is 4.59. The lowest BCUT2D eigenvalue weighted by molar-refractivity contribution is -0.384. The zero-order valence-corrected chi connectivity index (χ0v) is 9.83. The molecule has 0 spiro atoms. The molecule has 0 aliphatic heterocycles. The van der Waals surface area contributed by atoms with Gasteiger partial charge in [0, 0.05) is 10.5 Å². The van der Waals surface area contributed by atoms with Crippen molar-refractivity contribution in [3.63, 3.8) is 0 Å². The normalized spacial score (nSPS) is 9.80. The predicted octanol–water partition coefficient (Wildman–Crippen LogP) is 2.80. The standard InChI is InChI=1S/C8H5BrClNO4/c1-15-8(12)5-2-4(9)3-6(7(5)10)11(13)14/h2-3H,1H3. The van der Waals surface area contributed by atoms with Crippen LogP contribution in [0.5, 0.6) is 0 Å². The van der Waals surface area contributed by atoms with E-state index >= 15 is 0 Å². The number of nitro benzene ring substituents is 1. The van der Waals surface area contributed by atoms with Crippen LogP contribution < -0.4 is 0 Å². The van der Waals surface area contributed by atoms with E-state index in [0.29, 0.717) is 4.47 Å². The largest absolute Gasteiger partial charge is 0.465 e. The number of ether oxygens (including phenoxy) is 1. The molecule has 0 N–H and O–H groups in total. The minimum absolute atomic E-state index is 0.0414. The Hall–Kier alpha value is -1.14. The van der Waals surface area contributed by atoms with Crippen LogP contribution in [0.1, 0.15) is 10.4 Å². The third-order valence-corrected chi connectivity index (χ3v) is 2.48. The average Bonchev–Trinajstić information content (AvgIpc) is 2.19. The van der Waals surface area contributed by atoms with Crippen LogP contribution in [0.2, 0.25) is 5.02 Å². The SMILES string of the molecule is COC(=O)c1cc(Br)cc([N+](=O)[O-])c1Cl. The van der Waals surface area contributed by atoms with Gasteiger partial charge in [0.2, 0.25) is 0 Å². The number of nitrogens with zero attached hydrogens (tertiary/aromatic N) is 1. The summed E-state index contributed by atoms with van der Waals surface area (Å²) in [6.07, 6.45) is 0. The Bertz CT molecular complexity index is 435. The van der Waals surface area contributed by atoms with Gasteiger partial charge in [-0.15, -0.1) is 0 Å². The number of esters is 1. The van der Waals surface area contributed by atoms with Crippen molar-refractivity contribution in [3.8, 4) is 0 Å². The number of hydrogen-bond acceptors (Lipinski definition) is 4. The molecule has 1 aromatic rings. The van der Waals surface area contributed by atoms with Crippen LogP contribution in [0.4, 0.5) is 5.69 Å². The van der Waals surface area contributed by atoms with Gasteiger partial charge in [-0.2, -0.15) is 0 Å². The fourth-order valence-electron chi connectivity index (χ4n) is 0.966. The summed E-state index contributed by atoms with van der Waals surface area (Å²) in [7, 11) is 1.17. The number of halogens is 2. The fraction of sp³-hybridized carbons (Fsp3) is 0.125. The summed E-state index contributed by atoms with van der Waals surface area (Å²) in [6, 6.07) is 2.58. The first-order chi connectivity index (χ1) is 6.97. The smallest absolute Gasteiger partial charge is 0.339 e. The maximum absolute atomic E-state index is 11.2. The molecule has 1 aromatic carbocycles. The first kappa shape index (κ1) is 11.9. The number of methoxy groups -OCH3 is 1. The van der Waals surface area contributed by atoms with Gasteiger partial charge in [0.1, 0.15) is 5.02 Å². The summed E-state index contributed by atoms with van der Waals surface area (Å²) in [4.78, 5) is 21.1. The van der Waals surface area contributed by atoms with Gasteiger partial charge in [-0.1, -0.05) is 27.5 Å². The molecule has 80 valence electrons. The Balaban J connectivity index is 3.41. The number of carbonyl (C=O) groups excluding carboxylic acids is 1. The van der Waals surface area contributed by atoms with Crippen molar-refractivity contribution in [3.05, 3.63) is 37.3 Å². The molecule has 1 rings (SSSR count). The van der Waals surface area contributed by atoms with Gasteiger partial charge in [-0.3, -0.25) is 10.1 Å². The quantitative estimate of drug-likeness (QED) is 0.478. The van der Waals surface area contributed by atoms with E-state index in [0.717, 1.165) is 0 Å². The Morgan fingerprint density at radius 3 is 2.67 bits per heavy atom. The summed E-state index contributed by atoms with van der Waals surface area (Å²) in [5.74, 6) is -0.718. The topological polar surface area (TPSA) is 69.4 Å². The molecule has 15 heavy (non-hydrogen) atoms. The molecule has 0 radical (unpaired) electrons. The van der Waals surface area contributed by atoms with Crippen molar-refractivity contribution in [1.82, 2.24) is 0 Å². The third-order valence-electron chi connectivity index (χ3n) is 1.62. The average molecular weight is 294 g/mol. The number of rotatable bonds is 2. The molecule has 0 amide bonds. The summed E-state index contributed by atoms with van der Waals surface area (Å²) in [6.45, 7) is 0. The van der Waals surface area contributed by atoms with Gasteiger partial charge >= 0.3 is 5.97 Å². The monoisotopic (exact) mass is 293 g/mol. The van der Waals surface area contributed by atoms with Crippen molar-refractivity contribution in [2.75, 3.05) is 7.11 Å². The van der Waals surface area contributed by atoms with E-state index in [-0.39, 0.29) is 16.3 Å². The van der Waals surface area contributed by atoms with Crippen molar-refractivity contribution in [2.45, 2.75) is 0 Å². The number of benzene rings is 1. The maximum Gasteiger partial charge on any atom is 0.339 e. The summed E-state index contributed by atoms with van der Waals surface area (Å²) < 4.78 is 4.83. The van der Waals surface area contributed by atoms with E-state index in [1.807, 2.05) is 0 Å². The molecular formula is C8H5BrClNO4. The molecule has 0 unspecified atom stereocenters. The van der Waals surface area contributed by atoms with E-state index in [1.165, 1.54) is 19.2 Å². The molecule has 0 saturated carbocycles. The lowest BCUT2D eigenvalue weighted by atomic mass is 10.2. The molecule has 0 heterocycles. The number of carbonyl (C=O) groups is 1. The Labute approximate surface area is 98.3 Å². The highest BCUT2D eigenvalue weighted by Gasteiger charge is 2.21. The molecule has 7 heteroatoms. The van der Waals surface area contributed by atoms with Crippen molar-refractivity contribution in [1.29, 1.82) is 0 Å². The second-order valence-electron chi connectivity index (χ2n) is 2.54. The molecule has 0 bridgehead atoms.